The predicted octanol–water partition coefficient (Wildman–Crippen LogP) is 3.68. The quantitative estimate of drug-likeness (QED) is 0.799. The molecule has 2 aromatic carbocycles. The number of amides is 1. The molecule has 4 rings (SSSR count). The van der Waals surface area contributed by atoms with Gasteiger partial charge in [0.15, 0.2) is 11.5 Å². The molecule has 2 aliphatic heterocycles. The molecule has 1 fully saturated rings. The van der Waals surface area contributed by atoms with E-state index in [9.17, 15) is 4.79 Å². The number of nitrogens with zero attached hydrogens (tertiary/aromatic N) is 2. The molecule has 7 heteroatoms. The average molecular weight is 379 g/mol. The van der Waals surface area contributed by atoms with Crippen LogP contribution >= 0.6 is 23.2 Å². The number of halogens is 2. The fourth-order valence-corrected chi connectivity index (χ4v) is 3.35. The van der Waals surface area contributed by atoms with Gasteiger partial charge in [0, 0.05) is 37.4 Å². The van der Waals surface area contributed by atoms with Crippen molar-refractivity contribution in [3.63, 3.8) is 0 Å². The van der Waals surface area contributed by atoms with Gasteiger partial charge in [-0.2, -0.15) is 0 Å². The molecule has 0 bridgehead atoms. The molecular formula is C18H16Cl2N2O3. The zero-order chi connectivity index (χ0) is 17.4. The molecule has 2 heterocycles. The minimum atomic E-state index is 0.00656. The number of piperazine rings is 1. The van der Waals surface area contributed by atoms with Gasteiger partial charge in [-0.25, -0.2) is 0 Å². The number of carbonyl (C=O) groups is 1. The zero-order valence-corrected chi connectivity index (χ0v) is 14.9. The minimum absolute atomic E-state index is 0.00656. The van der Waals surface area contributed by atoms with Gasteiger partial charge in [0.1, 0.15) is 0 Å². The zero-order valence-electron chi connectivity index (χ0n) is 13.4. The number of anilines is 1. The molecule has 0 unspecified atom stereocenters. The van der Waals surface area contributed by atoms with Gasteiger partial charge in [0.05, 0.1) is 10.0 Å². The Morgan fingerprint density at radius 2 is 1.64 bits per heavy atom. The lowest BCUT2D eigenvalue weighted by Crippen LogP contribution is -2.48. The summed E-state index contributed by atoms with van der Waals surface area (Å²) in [4.78, 5) is 16.8. The highest BCUT2D eigenvalue weighted by Gasteiger charge is 2.24. The van der Waals surface area contributed by atoms with Gasteiger partial charge in [0.25, 0.3) is 5.91 Å². The van der Waals surface area contributed by atoms with Crippen LogP contribution in [0.15, 0.2) is 36.4 Å². The van der Waals surface area contributed by atoms with Gasteiger partial charge in [-0.3, -0.25) is 4.79 Å². The Bertz CT molecular complexity index is 820. The first-order chi connectivity index (χ1) is 12.1. The average Bonchev–Trinajstić information content (AvgIpc) is 3.11. The summed E-state index contributed by atoms with van der Waals surface area (Å²) in [6.07, 6.45) is 0. The smallest absolute Gasteiger partial charge is 0.254 e. The summed E-state index contributed by atoms with van der Waals surface area (Å²) in [6, 6.07) is 10.9. The van der Waals surface area contributed by atoms with Gasteiger partial charge in [-0.05, 0) is 36.4 Å². The number of fused-ring (bicyclic) bond motifs is 1. The van der Waals surface area contributed by atoms with Crippen LogP contribution in [0, 0.1) is 0 Å². The Labute approximate surface area is 155 Å². The topological polar surface area (TPSA) is 42.0 Å². The lowest BCUT2D eigenvalue weighted by molar-refractivity contribution is 0.0746. The van der Waals surface area contributed by atoms with Gasteiger partial charge in [-0.1, -0.05) is 23.2 Å². The molecule has 0 radical (unpaired) electrons. The van der Waals surface area contributed by atoms with Crippen molar-refractivity contribution < 1.29 is 14.3 Å². The number of benzene rings is 2. The highest BCUT2D eigenvalue weighted by atomic mass is 35.5. The fourth-order valence-electron chi connectivity index (χ4n) is 3.06. The van der Waals surface area contributed by atoms with Crippen LogP contribution in [0.25, 0.3) is 0 Å². The first kappa shape index (κ1) is 16.4. The number of ether oxygens (including phenoxy) is 2. The van der Waals surface area contributed by atoms with Crippen molar-refractivity contribution in [2.75, 3.05) is 37.9 Å². The Balaban J connectivity index is 1.43. The van der Waals surface area contributed by atoms with E-state index in [1.807, 2.05) is 17.0 Å². The van der Waals surface area contributed by atoms with Crippen molar-refractivity contribution in [1.82, 2.24) is 4.90 Å². The van der Waals surface area contributed by atoms with E-state index in [1.165, 1.54) is 0 Å². The molecule has 1 saturated heterocycles. The maximum Gasteiger partial charge on any atom is 0.254 e. The fraction of sp³-hybridized carbons (Fsp3) is 0.278. The van der Waals surface area contributed by atoms with Gasteiger partial charge < -0.3 is 19.3 Å². The van der Waals surface area contributed by atoms with Crippen LogP contribution in [-0.2, 0) is 0 Å². The van der Waals surface area contributed by atoms with Crippen LogP contribution in [0.1, 0.15) is 10.4 Å². The number of rotatable bonds is 2. The van der Waals surface area contributed by atoms with E-state index in [-0.39, 0.29) is 12.7 Å². The molecule has 2 aromatic rings. The van der Waals surface area contributed by atoms with E-state index in [4.69, 9.17) is 32.7 Å². The molecule has 5 nitrogen and oxygen atoms in total. The third-order valence-electron chi connectivity index (χ3n) is 4.45. The number of hydrogen-bond donors (Lipinski definition) is 0. The van der Waals surface area contributed by atoms with Crippen molar-refractivity contribution >= 4 is 34.8 Å². The third kappa shape index (κ3) is 3.22. The lowest BCUT2D eigenvalue weighted by atomic mass is 10.1. The highest BCUT2D eigenvalue weighted by molar-refractivity contribution is 6.42. The highest BCUT2D eigenvalue weighted by Crippen LogP contribution is 2.33. The standard InChI is InChI=1S/C18H16Cl2N2O3/c19-14-3-2-13(10-15(14)20)21-5-7-22(8-6-21)18(23)12-1-4-16-17(9-12)25-11-24-16/h1-4,9-10H,5-8,11H2. The van der Waals surface area contributed by atoms with E-state index < -0.39 is 0 Å². The Kier molecular flexibility index (Phi) is 4.36. The first-order valence-electron chi connectivity index (χ1n) is 8.01. The van der Waals surface area contributed by atoms with Crippen molar-refractivity contribution in [3.05, 3.63) is 52.0 Å². The molecule has 0 saturated carbocycles. The molecule has 2 aliphatic rings. The van der Waals surface area contributed by atoms with Crippen LogP contribution in [-0.4, -0.2) is 43.8 Å². The summed E-state index contributed by atoms with van der Waals surface area (Å²) in [5.74, 6) is 1.31. The van der Waals surface area contributed by atoms with E-state index >= 15 is 0 Å². The monoisotopic (exact) mass is 378 g/mol. The Morgan fingerprint density at radius 1 is 0.880 bits per heavy atom. The summed E-state index contributed by atoms with van der Waals surface area (Å²) >= 11 is 12.1. The van der Waals surface area contributed by atoms with Crippen molar-refractivity contribution in [2.24, 2.45) is 0 Å². The Morgan fingerprint density at radius 3 is 2.40 bits per heavy atom. The van der Waals surface area contributed by atoms with Gasteiger partial charge in [-0.15, -0.1) is 0 Å². The summed E-state index contributed by atoms with van der Waals surface area (Å²) in [5.41, 5.74) is 1.64. The summed E-state index contributed by atoms with van der Waals surface area (Å²) in [5, 5.41) is 1.08. The molecule has 1 amide bonds. The molecule has 0 aromatic heterocycles. The van der Waals surface area contributed by atoms with Crippen molar-refractivity contribution in [1.29, 1.82) is 0 Å². The van der Waals surface area contributed by atoms with Gasteiger partial charge >= 0.3 is 0 Å². The largest absolute Gasteiger partial charge is 0.454 e. The van der Waals surface area contributed by atoms with E-state index in [2.05, 4.69) is 4.90 Å². The predicted molar refractivity (Wildman–Crippen MR) is 97.1 cm³/mol. The number of hydrogen-bond acceptors (Lipinski definition) is 4. The number of carbonyl (C=O) groups excluding carboxylic acids is 1. The maximum atomic E-state index is 12.7. The first-order valence-corrected chi connectivity index (χ1v) is 8.76. The normalized spacial score (nSPS) is 16.2. The SMILES string of the molecule is O=C(c1ccc2c(c1)OCO2)N1CCN(c2ccc(Cl)c(Cl)c2)CC1. The molecule has 25 heavy (non-hydrogen) atoms. The third-order valence-corrected chi connectivity index (χ3v) is 5.19. The second-order valence-corrected chi connectivity index (χ2v) is 6.76. The molecule has 0 spiro atoms. The summed E-state index contributed by atoms with van der Waals surface area (Å²) in [6.45, 7) is 2.98. The Hall–Kier alpha value is -2.11. The lowest BCUT2D eigenvalue weighted by Gasteiger charge is -2.36. The second-order valence-electron chi connectivity index (χ2n) is 5.95. The molecular weight excluding hydrogens is 363 g/mol. The summed E-state index contributed by atoms with van der Waals surface area (Å²) < 4.78 is 10.6. The van der Waals surface area contributed by atoms with Crippen molar-refractivity contribution in [2.45, 2.75) is 0 Å². The van der Waals surface area contributed by atoms with Crippen LogP contribution in [0.5, 0.6) is 11.5 Å². The van der Waals surface area contributed by atoms with E-state index in [1.54, 1.807) is 24.3 Å². The van der Waals surface area contributed by atoms with Crippen LogP contribution < -0.4 is 14.4 Å². The van der Waals surface area contributed by atoms with Crippen LogP contribution in [0.2, 0.25) is 10.0 Å². The second kappa shape index (κ2) is 6.65. The minimum Gasteiger partial charge on any atom is -0.454 e. The van der Waals surface area contributed by atoms with E-state index in [0.29, 0.717) is 40.2 Å². The van der Waals surface area contributed by atoms with E-state index in [0.717, 1.165) is 18.8 Å². The van der Waals surface area contributed by atoms with Gasteiger partial charge in [0.2, 0.25) is 6.79 Å². The van der Waals surface area contributed by atoms with Crippen molar-refractivity contribution in [3.8, 4) is 11.5 Å². The molecule has 130 valence electrons. The molecule has 0 aliphatic carbocycles. The summed E-state index contributed by atoms with van der Waals surface area (Å²) in [7, 11) is 0. The maximum absolute atomic E-state index is 12.7. The molecule has 0 atom stereocenters. The van der Waals surface area contributed by atoms with Crippen LogP contribution in [0.4, 0.5) is 5.69 Å². The molecule has 0 N–H and O–H groups in total. The van der Waals surface area contributed by atoms with Crippen LogP contribution in [0.3, 0.4) is 0 Å².